The van der Waals surface area contributed by atoms with Crippen LogP contribution in [0.25, 0.3) is 0 Å². The third-order valence-corrected chi connectivity index (χ3v) is 5.12. The van der Waals surface area contributed by atoms with Gasteiger partial charge in [-0.25, -0.2) is 4.72 Å². The van der Waals surface area contributed by atoms with Crippen molar-refractivity contribution >= 4 is 10.2 Å². The van der Waals surface area contributed by atoms with Crippen molar-refractivity contribution in [3.8, 4) is 11.5 Å². The first kappa shape index (κ1) is 16.1. The summed E-state index contributed by atoms with van der Waals surface area (Å²) in [4.78, 5) is 0. The number of benzene rings is 1. The summed E-state index contributed by atoms with van der Waals surface area (Å²) < 4.78 is 39.0. The molecule has 7 heteroatoms. The van der Waals surface area contributed by atoms with Crippen molar-refractivity contribution in [1.82, 2.24) is 9.03 Å². The predicted octanol–water partition coefficient (Wildman–Crippen LogP) is 1.18. The van der Waals surface area contributed by atoms with Crippen LogP contribution in [0.15, 0.2) is 18.2 Å². The summed E-state index contributed by atoms with van der Waals surface area (Å²) in [5.41, 5.74) is 1.02. The van der Waals surface area contributed by atoms with Gasteiger partial charge in [0.05, 0.1) is 0 Å². The monoisotopic (exact) mass is 314 g/mol. The van der Waals surface area contributed by atoms with E-state index >= 15 is 0 Å². The van der Waals surface area contributed by atoms with Crippen molar-refractivity contribution < 1.29 is 17.9 Å². The summed E-state index contributed by atoms with van der Waals surface area (Å²) in [6.45, 7) is 6.05. The molecule has 1 heterocycles. The molecule has 0 aromatic heterocycles. The fourth-order valence-corrected chi connectivity index (χ4v) is 3.44. The smallest absolute Gasteiger partial charge is 0.279 e. The van der Waals surface area contributed by atoms with Gasteiger partial charge in [-0.1, -0.05) is 19.9 Å². The van der Waals surface area contributed by atoms with E-state index in [-0.39, 0.29) is 0 Å². The number of nitrogens with one attached hydrogen (secondary N) is 1. The third-order valence-electron chi connectivity index (χ3n) is 3.35. The highest BCUT2D eigenvalue weighted by Crippen LogP contribution is 2.30. The third kappa shape index (κ3) is 4.09. The van der Waals surface area contributed by atoms with Crippen LogP contribution in [0.1, 0.15) is 19.4 Å². The van der Waals surface area contributed by atoms with E-state index in [0.717, 1.165) is 17.1 Å². The van der Waals surface area contributed by atoms with Crippen LogP contribution in [0.3, 0.4) is 0 Å². The van der Waals surface area contributed by atoms with Crippen LogP contribution in [0.5, 0.6) is 11.5 Å². The summed E-state index contributed by atoms with van der Waals surface area (Å²) in [5, 5.41) is 0. The molecule has 2 rings (SSSR count). The number of hydrogen-bond acceptors (Lipinski definition) is 4. The van der Waals surface area contributed by atoms with E-state index in [0.29, 0.717) is 39.3 Å². The summed E-state index contributed by atoms with van der Waals surface area (Å²) in [7, 11) is -3.38. The molecule has 1 aliphatic heterocycles. The highest BCUT2D eigenvalue weighted by Gasteiger charge is 2.17. The van der Waals surface area contributed by atoms with Crippen LogP contribution >= 0.6 is 0 Å². The van der Waals surface area contributed by atoms with Crippen LogP contribution in [0.2, 0.25) is 0 Å². The molecule has 21 heavy (non-hydrogen) atoms. The van der Waals surface area contributed by atoms with Gasteiger partial charge in [0, 0.05) is 19.6 Å². The quantitative estimate of drug-likeness (QED) is 0.820. The molecule has 0 spiro atoms. The van der Waals surface area contributed by atoms with E-state index in [4.69, 9.17) is 9.47 Å². The first-order valence-electron chi connectivity index (χ1n) is 7.20. The minimum atomic E-state index is -3.38. The maximum absolute atomic E-state index is 12.0. The van der Waals surface area contributed by atoms with Gasteiger partial charge < -0.3 is 9.47 Å². The van der Waals surface area contributed by atoms with Crippen molar-refractivity contribution in [3.63, 3.8) is 0 Å². The van der Waals surface area contributed by atoms with Crippen LogP contribution in [-0.4, -0.2) is 45.6 Å². The van der Waals surface area contributed by atoms with Gasteiger partial charge in [-0.15, -0.1) is 0 Å². The molecule has 0 saturated heterocycles. The molecule has 118 valence electrons. The van der Waals surface area contributed by atoms with E-state index in [1.807, 2.05) is 32.0 Å². The lowest BCUT2D eigenvalue weighted by Crippen LogP contribution is -2.41. The van der Waals surface area contributed by atoms with Crippen molar-refractivity contribution in [2.45, 2.75) is 20.3 Å². The Morgan fingerprint density at radius 3 is 2.48 bits per heavy atom. The Morgan fingerprint density at radius 1 is 1.14 bits per heavy atom. The molecule has 1 aromatic carbocycles. The molecule has 0 aliphatic carbocycles. The lowest BCUT2D eigenvalue weighted by molar-refractivity contribution is 0.171. The number of rotatable bonds is 7. The minimum Gasteiger partial charge on any atom is -0.486 e. The molecule has 1 aromatic rings. The van der Waals surface area contributed by atoms with Gasteiger partial charge in [0.1, 0.15) is 13.2 Å². The van der Waals surface area contributed by atoms with Gasteiger partial charge in [-0.3, -0.25) is 0 Å². The lowest BCUT2D eigenvalue weighted by atomic mass is 10.1. The minimum absolute atomic E-state index is 0.360. The van der Waals surface area contributed by atoms with Gasteiger partial charge in [0.2, 0.25) is 0 Å². The zero-order valence-electron chi connectivity index (χ0n) is 12.5. The molecule has 0 radical (unpaired) electrons. The Labute approximate surface area is 126 Å². The highest BCUT2D eigenvalue weighted by atomic mass is 32.2. The second-order valence-electron chi connectivity index (χ2n) is 4.71. The molecule has 0 fully saturated rings. The van der Waals surface area contributed by atoms with Crippen molar-refractivity contribution in [2.75, 3.05) is 32.8 Å². The van der Waals surface area contributed by atoms with Gasteiger partial charge >= 0.3 is 0 Å². The maximum atomic E-state index is 12.0. The summed E-state index contributed by atoms with van der Waals surface area (Å²) in [6.07, 6.45) is 0.608. The standard InChI is InChI=1S/C14H22N2O4S/c1-3-16(4-2)21(17,18)15-8-7-12-5-6-13-14(11-12)20-10-9-19-13/h5-6,11,15H,3-4,7-10H2,1-2H3. The van der Waals surface area contributed by atoms with Crippen molar-refractivity contribution in [1.29, 1.82) is 0 Å². The fraction of sp³-hybridized carbons (Fsp3) is 0.571. The summed E-state index contributed by atoms with van der Waals surface area (Å²) >= 11 is 0. The zero-order chi connectivity index (χ0) is 15.3. The van der Waals surface area contributed by atoms with Gasteiger partial charge in [0.25, 0.3) is 10.2 Å². The molecule has 6 nitrogen and oxygen atoms in total. The van der Waals surface area contributed by atoms with Gasteiger partial charge in [-0.2, -0.15) is 12.7 Å². The molecule has 1 aliphatic rings. The zero-order valence-corrected chi connectivity index (χ0v) is 13.3. The maximum Gasteiger partial charge on any atom is 0.279 e. The highest BCUT2D eigenvalue weighted by molar-refractivity contribution is 7.87. The first-order valence-corrected chi connectivity index (χ1v) is 8.64. The molecular formula is C14H22N2O4S. The van der Waals surface area contributed by atoms with E-state index < -0.39 is 10.2 Å². The fourth-order valence-electron chi connectivity index (χ4n) is 2.22. The van der Waals surface area contributed by atoms with Crippen LogP contribution in [-0.2, 0) is 16.6 Å². The Bertz CT molecular complexity index is 570. The number of hydrogen-bond donors (Lipinski definition) is 1. The molecule has 0 unspecified atom stereocenters. The molecule has 0 saturated carbocycles. The van der Waals surface area contributed by atoms with Crippen LogP contribution in [0.4, 0.5) is 0 Å². The summed E-state index contributed by atoms with van der Waals surface area (Å²) in [6, 6.07) is 5.70. The topological polar surface area (TPSA) is 67.9 Å². The first-order chi connectivity index (χ1) is 10.1. The Hall–Kier alpha value is -1.31. The molecule has 0 atom stereocenters. The largest absolute Gasteiger partial charge is 0.486 e. The molecule has 1 N–H and O–H groups in total. The Morgan fingerprint density at radius 2 is 1.81 bits per heavy atom. The van der Waals surface area contributed by atoms with Crippen molar-refractivity contribution in [2.24, 2.45) is 0 Å². The number of ether oxygens (including phenoxy) is 2. The Balaban J connectivity index is 1.92. The SMILES string of the molecule is CCN(CC)S(=O)(=O)NCCc1ccc2c(c1)OCCO2. The average Bonchev–Trinajstić information content (AvgIpc) is 2.48. The Kier molecular flexibility index (Phi) is 5.44. The van der Waals surface area contributed by atoms with Crippen molar-refractivity contribution in [3.05, 3.63) is 23.8 Å². The second-order valence-corrected chi connectivity index (χ2v) is 6.47. The van der Waals surface area contributed by atoms with Gasteiger partial charge in [0.15, 0.2) is 11.5 Å². The molecular weight excluding hydrogens is 292 g/mol. The van der Waals surface area contributed by atoms with Gasteiger partial charge in [-0.05, 0) is 24.1 Å². The normalized spacial score (nSPS) is 14.4. The van der Waals surface area contributed by atoms with E-state index in [1.165, 1.54) is 4.31 Å². The van der Waals surface area contributed by atoms with E-state index in [9.17, 15) is 8.42 Å². The van der Waals surface area contributed by atoms with Crippen LogP contribution in [0, 0.1) is 0 Å². The summed E-state index contributed by atoms with van der Waals surface area (Å²) in [5.74, 6) is 1.47. The molecule has 0 amide bonds. The molecule has 0 bridgehead atoms. The van der Waals surface area contributed by atoms with Crippen LogP contribution < -0.4 is 14.2 Å². The number of nitrogens with zero attached hydrogens (tertiary/aromatic N) is 1. The van der Waals surface area contributed by atoms with E-state index in [1.54, 1.807) is 0 Å². The average molecular weight is 314 g/mol. The lowest BCUT2D eigenvalue weighted by Gasteiger charge is -2.20. The van der Waals surface area contributed by atoms with E-state index in [2.05, 4.69) is 4.72 Å². The number of fused-ring (bicyclic) bond motifs is 1. The predicted molar refractivity (Wildman–Crippen MR) is 81.0 cm³/mol. The second kappa shape index (κ2) is 7.11.